The van der Waals surface area contributed by atoms with Crippen molar-refractivity contribution in [2.45, 2.75) is 46.2 Å². The van der Waals surface area contributed by atoms with Crippen molar-refractivity contribution in [2.24, 2.45) is 5.41 Å². The number of nitrogens with one attached hydrogen (secondary N) is 1. The van der Waals surface area contributed by atoms with Gasteiger partial charge in [-0.1, -0.05) is 20.8 Å². The smallest absolute Gasteiger partial charge is 0.407 e. The second kappa shape index (κ2) is 4.39. The van der Waals surface area contributed by atoms with Gasteiger partial charge >= 0.3 is 6.09 Å². The third-order valence-corrected chi connectivity index (χ3v) is 3.11. The SMILES string of the molecule is CC1CCNC[C@@H](C(C)(C)C)N1C(=O)O. The highest BCUT2D eigenvalue weighted by atomic mass is 16.4. The van der Waals surface area contributed by atoms with Crippen LogP contribution in [-0.4, -0.2) is 41.3 Å². The highest BCUT2D eigenvalue weighted by Gasteiger charge is 2.37. The molecule has 2 N–H and O–H groups in total. The molecule has 1 aliphatic heterocycles. The zero-order valence-electron chi connectivity index (χ0n) is 10.1. The molecule has 0 saturated carbocycles. The van der Waals surface area contributed by atoms with E-state index in [2.05, 4.69) is 26.1 Å². The lowest BCUT2D eigenvalue weighted by atomic mass is 9.85. The van der Waals surface area contributed by atoms with Crippen LogP contribution in [0, 0.1) is 5.41 Å². The third kappa shape index (κ3) is 2.84. The Bertz CT molecular complexity index is 235. The molecular formula is C11H22N2O2. The van der Waals surface area contributed by atoms with Crippen molar-refractivity contribution < 1.29 is 9.90 Å². The molecule has 4 heteroatoms. The molecule has 0 aliphatic carbocycles. The Morgan fingerprint density at radius 3 is 2.53 bits per heavy atom. The molecule has 0 spiro atoms. The molecule has 0 radical (unpaired) electrons. The molecule has 2 atom stereocenters. The van der Waals surface area contributed by atoms with Crippen LogP contribution in [-0.2, 0) is 0 Å². The van der Waals surface area contributed by atoms with Gasteiger partial charge in [-0.25, -0.2) is 4.79 Å². The maximum absolute atomic E-state index is 11.3. The molecule has 0 aromatic heterocycles. The van der Waals surface area contributed by atoms with Gasteiger partial charge in [-0.15, -0.1) is 0 Å². The van der Waals surface area contributed by atoms with Crippen molar-refractivity contribution in [3.05, 3.63) is 0 Å². The summed E-state index contributed by atoms with van der Waals surface area (Å²) in [5.74, 6) is 0. The van der Waals surface area contributed by atoms with E-state index in [0.29, 0.717) is 0 Å². The van der Waals surface area contributed by atoms with Gasteiger partial charge in [0.2, 0.25) is 0 Å². The number of hydrogen-bond donors (Lipinski definition) is 2. The van der Waals surface area contributed by atoms with Crippen LogP contribution in [0.15, 0.2) is 0 Å². The van der Waals surface area contributed by atoms with E-state index in [4.69, 9.17) is 0 Å². The second-order valence-corrected chi connectivity index (χ2v) is 5.41. The first-order valence-corrected chi connectivity index (χ1v) is 5.56. The minimum atomic E-state index is -0.800. The zero-order chi connectivity index (χ0) is 11.6. The van der Waals surface area contributed by atoms with Crippen LogP contribution in [0.3, 0.4) is 0 Å². The number of rotatable bonds is 0. The van der Waals surface area contributed by atoms with E-state index in [-0.39, 0.29) is 17.5 Å². The van der Waals surface area contributed by atoms with Gasteiger partial charge in [-0.05, 0) is 25.3 Å². The van der Waals surface area contributed by atoms with Crippen molar-refractivity contribution in [2.75, 3.05) is 13.1 Å². The fourth-order valence-electron chi connectivity index (χ4n) is 2.14. The molecule has 1 aliphatic rings. The van der Waals surface area contributed by atoms with Crippen LogP contribution in [0.1, 0.15) is 34.1 Å². The fourth-order valence-corrected chi connectivity index (χ4v) is 2.14. The molecule has 1 unspecified atom stereocenters. The van der Waals surface area contributed by atoms with Crippen LogP contribution in [0.4, 0.5) is 4.79 Å². The summed E-state index contributed by atoms with van der Waals surface area (Å²) in [6, 6.07) is 0.147. The molecule has 1 amide bonds. The van der Waals surface area contributed by atoms with Crippen LogP contribution in [0.5, 0.6) is 0 Å². The molecule has 1 heterocycles. The lowest BCUT2D eigenvalue weighted by Crippen LogP contribution is -2.53. The van der Waals surface area contributed by atoms with Gasteiger partial charge in [0.15, 0.2) is 0 Å². The fraction of sp³-hybridized carbons (Fsp3) is 0.909. The Kier molecular flexibility index (Phi) is 3.60. The zero-order valence-corrected chi connectivity index (χ0v) is 10.1. The first-order valence-electron chi connectivity index (χ1n) is 5.56. The van der Waals surface area contributed by atoms with Crippen molar-refractivity contribution in [1.29, 1.82) is 0 Å². The highest BCUT2D eigenvalue weighted by molar-refractivity contribution is 5.66. The van der Waals surface area contributed by atoms with Gasteiger partial charge in [-0.3, -0.25) is 0 Å². The van der Waals surface area contributed by atoms with Gasteiger partial charge in [0.05, 0.1) is 6.04 Å². The summed E-state index contributed by atoms with van der Waals surface area (Å²) in [7, 11) is 0. The van der Waals surface area contributed by atoms with E-state index in [0.717, 1.165) is 19.5 Å². The molecule has 4 nitrogen and oxygen atoms in total. The molecule has 0 aromatic carbocycles. The average molecular weight is 214 g/mol. The molecule has 1 fully saturated rings. The van der Waals surface area contributed by atoms with Gasteiger partial charge in [0, 0.05) is 12.6 Å². The predicted molar refractivity (Wildman–Crippen MR) is 60.1 cm³/mol. The summed E-state index contributed by atoms with van der Waals surface area (Å²) in [6.45, 7) is 9.91. The van der Waals surface area contributed by atoms with Crippen LogP contribution in [0.2, 0.25) is 0 Å². The molecule has 88 valence electrons. The summed E-state index contributed by atoms with van der Waals surface area (Å²) in [5, 5.41) is 12.6. The van der Waals surface area contributed by atoms with E-state index < -0.39 is 6.09 Å². The van der Waals surface area contributed by atoms with Crippen molar-refractivity contribution in [3.63, 3.8) is 0 Å². The van der Waals surface area contributed by atoms with Gasteiger partial charge < -0.3 is 15.3 Å². The monoisotopic (exact) mass is 214 g/mol. The van der Waals surface area contributed by atoms with Crippen LogP contribution < -0.4 is 5.32 Å². The molecule has 0 aromatic rings. The standard InChI is InChI=1S/C11H22N2O2/c1-8-5-6-12-7-9(11(2,3)4)13(8)10(14)15/h8-9,12H,5-7H2,1-4H3,(H,14,15)/t8?,9-/m0/s1. The summed E-state index contributed by atoms with van der Waals surface area (Å²) < 4.78 is 0. The quantitative estimate of drug-likeness (QED) is 0.646. The van der Waals surface area contributed by atoms with E-state index in [9.17, 15) is 9.90 Å². The Morgan fingerprint density at radius 2 is 2.07 bits per heavy atom. The van der Waals surface area contributed by atoms with Crippen molar-refractivity contribution >= 4 is 6.09 Å². The summed E-state index contributed by atoms with van der Waals surface area (Å²) in [6.07, 6.45) is 0.0879. The Morgan fingerprint density at radius 1 is 1.47 bits per heavy atom. The van der Waals surface area contributed by atoms with Crippen molar-refractivity contribution in [3.8, 4) is 0 Å². The van der Waals surface area contributed by atoms with E-state index in [1.165, 1.54) is 0 Å². The number of carbonyl (C=O) groups is 1. The van der Waals surface area contributed by atoms with Crippen LogP contribution >= 0.6 is 0 Å². The number of carboxylic acid groups (broad SMARTS) is 1. The molecule has 1 rings (SSSR count). The van der Waals surface area contributed by atoms with E-state index in [1.807, 2.05) is 6.92 Å². The minimum absolute atomic E-state index is 0.0238. The minimum Gasteiger partial charge on any atom is -0.465 e. The number of amides is 1. The van der Waals surface area contributed by atoms with Gasteiger partial charge in [-0.2, -0.15) is 0 Å². The van der Waals surface area contributed by atoms with Gasteiger partial charge in [0.1, 0.15) is 0 Å². The molecule has 0 bridgehead atoms. The predicted octanol–water partition coefficient (Wildman–Crippen LogP) is 1.76. The first-order chi connectivity index (χ1) is 6.84. The topological polar surface area (TPSA) is 52.6 Å². The normalized spacial score (nSPS) is 28.7. The second-order valence-electron chi connectivity index (χ2n) is 5.41. The largest absolute Gasteiger partial charge is 0.465 e. The van der Waals surface area contributed by atoms with Gasteiger partial charge in [0.25, 0.3) is 0 Å². The summed E-state index contributed by atoms with van der Waals surface area (Å²) in [5.41, 5.74) is -0.0238. The Labute approximate surface area is 91.6 Å². The highest BCUT2D eigenvalue weighted by Crippen LogP contribution is 2.27. The first kappa shape index (κ1) is 12.3. The molecule has 15 heavy (non-hydrogen) atoms. The average Bonchev–Trinajstić information content (AvgIpc) is 2.24. The Balaban J connectivity index is 2.92. The molecule has 1 saturated heterocycles. The third-order valence-electron chi connectivity index (χ3n) is 3.11. The Hall–Kier alpha value is -0.770. The number of hydrogen-bond acceptors (Lipinski definition) is 2. The maximum atomic E-state index is 11.3. The van der Waals surface area contributed by atoms with E-state index in [1.54, 1.807) is 4.90 Å². The number of nitrogens with zero attached hydrogens (tertiary/aromatic N) is 1. The van der Waals surface area contributed by atoms with Crippen molar-refractivity contribution in [1.82, 2.24) is 10.2 Å². The maximum Gasteiger partial charge on any atom is 0.407 e. The summed E-state index contributed by atoms with van der Waals surface area (Å²) >= 11 is 0. The lowest BCUT2D eigenvalue weighted by molar-refractivity contribution is 0.0663. The van der Waals surface area contributed by atoms with E-state index >= 15 is 0 Å². The molecular weight excluding hydrogens is 192 g/mol. The lowest BCUT2D eigenvalue weighted by Gasteiger charge is -2.40. The summed E-state index contributed by atoms with van der Waals surface area (Å²) in [4.78, 5) is 12.9. The van der Waals surface area contributed by atoms with Crippen LogP contribution in [0.25, 0.3) is 0 Å².